The number of halogens is 1. The van der Waals surface area contributed by atoms with E-state index in [0.717, 1.165) is 4.57 Å². The lowest BCUT2D eigenvalue weighted by Gasteiger charge is -2.24. The smallest absolute Gasteiger partial charge is 0.264 e. The maximum atomic E-state index is 12.9. The van der Waals surface area contributed by atoms with Gasteiger partial charge in [0, 0.05) is 17.1 Å². The van der Waals surface area contributed by atoms with Crippen molar-refractivity contribution in [2.75, 3.05) is 5.73 Å². The Labute approximate surface area is 132 Å². The van der Waals surface area contributed by atoms with Crippen LogP contribution in [0.1, 0.15) is 32.5 Å². The Hall–Kier alpha value is -2.21. The molecular formula is C15H14ClN3O3. The van der Waals surface area contributed by atoms with Crippen molar-refractivity contribution < 1.29 is 11.0 Å². The predicted molar refractivity (Wildman–Crippen MR) is 83.1 cm³/mol. The second-order valence-electron chi connectivity index (χ2n) is 5.27. The summed E-state index contributed by atoms with van der Waals surface area (Å²) in [7, 11) is 0. The average Bonchev–Trinajstić information content (AvgIpc) is 2.42. The minimum Gasteiger partial charge on any atom is -0.398 e. The Morgan fingerprint density at radius 1 is 1.41 bits per heavy atom. The second-order valence-corrected chi connectivity index (χ2v) is 5.71. The van der Waals surface area contributed by atoms with Gasteiger partial charge in [-0.3, -0.25) is 19.0 Å². The molecular weight excluding hydrogens is 306 g/mol. The van der Waals surface area contributed by atoms with Gasteiger partial charge in [-0.1, -0.05) is 11.6 Å². The molecule has 1 aliphatic rings. The number of carbonyl (C=O) groups is 2. The summed E-state index contributed by atoms with van der Waals surface area (Å²) >= 11 is 5.93. The standard InChI is InChI=1S/C15H14ClN3O3/c1-7-18-11-5-8(16)4-10(17)14(11)15(22)19(7)12-3-2-9(20)6-13(12)21/h4-5,12H,2-3,6,17H2,1H3/t12-/m0/s1/i12D. The minimum absolute atomic E-state index is 0.0495. The Balaban J connectivity index is 2.33. The Morgan fingerprint density at radius 2 is 2.14 bits per heavy atom. The highest BCUT2D eigenvalue weighted by molar-refractivity contribution is 6.31. The third kappa shape index (κ3) is 2.29. The lowest BCUT2D eigenvalue weighted by Crippen LogP contribution is -2.36. The molecule has 0 saturated heterocycles. The first-order valence-electron chi connectivity index (χ1n) is 7.28. The van der Waals surface area contributed by atoms with Crippen LogP contribution in [0.5, 0.6) is 0 Å². The predicted octanol–water partition coefficient (Wildman–Crippen LogP) is 1.80. The quantitative estimate of drug-likeness (QED) is 0.638. The van der Waals surface area contributed by atoms with Gasteiger partial charge >= 0.3 is 0 Å². The lowest BCUT2D eigenvalue weighted by atomic mass is 9.92. The van der Waals surface area contributed by atoms with Crippen LogP contribution in [0.2, 0.25) is 5.02 Å². The summed E-state index contributed by atoms with van der Waals surface area (Å²) in [6, 6.07) is 1.10. The second kappa shape index (κ2) is 5.21. The zero-order valence-electron chi connectivity index (χ0n) is 12.9. The first-order chi connectivity index (χ1) is 10.7. The maximum absolute atomic E-state index is 12.9. The number of nitrogens with zero attached hydrogens (tertiary/aromatic N) is 2. The molecule has 1 aromatic carbocycles. The average molecular weight is 321 g/mol. The van der Waals surface area contributed by atoms with Gasteiger partial charge in [0.1, 0.15) is 11.6 Å². The third-order valence-corrected chi connectivity index (χ3v) is 3.94. The van der Waals surface area contributed by atoms with Crippen molar-refractivity contribution in [1.82, 2.24) is 9.55 Å². The molecule has 1 fully saturated rings. The van der Waals surface area contributed by atoms with Gasteiger partial charge in [0.15, 0.2) is 5.78 Å². The molecule has 0 amide bonds. The fraction of sp³-hybridized carbons (Fsp3) is 0.333. The first-order valence-corrected chi connectivity index (χ1v) is 7.15. The van der Waals surface area contributed by atoms with E-state index < -0.39 is 17.4 Å². The number of hydrogen-bond donors (Lipinski definition) is 1. The number of carbonyl (C=O) groups excluding carboxylic acids is 2. The van der Waals surface area contributed by atoms with Crippen LogP contribution in [-0.2, 0) is 9.59 Å². The van der Waals surface area contributed by atoms with Gasteiger partial charge in [0.2, 0.25) is 0 Å². The van der Waals surface area contributed by atoms with Gasteiger partial charge in [0.05, 0.1) is 24.7 Å². The number of benzene rings is 1. The fourth-order valence-corrected chi connectivity index (χ4v) is 2.96. The lowest BCUT2D eigenvalue weighted by molar-refractivity contribution is -0.132. The fourth-order valence-electron chi connectivity index (χ4n) is 2.74. The van der Waals surface area contributed by atoms with Crippen molar-refractivity contribution in [3.63, 3.8) is 0 Å². The molecule has 3 rings (SSSR count). The van der Waals surface area contributed by atoms with Gasteiger partial charge in [-0.15, -0.1) is 0 Å². The maximum Gasteiger partial charge on any atom is 0.264 e. The molecule has 0 aliphatic heterocycles. The number of aromatic nitrogens is 2. The number of ketones is 2. The molecule has 1 saturated carbocycles. The molecule has 2 N–H and O–H groups in total. The van der Waals surface area contributed by atoms with E-state index in [1.807, 2.05) is 0 Å². The molecule has 114 valence electrons. The molecule has 0 radical (unpaired) electrons. The highest BCUT2D eigenvalue weighted by Crippen LogP contribution is 2.26. The Kier molecular flexibility index (Phi) is 3.18. The molecule has 0 bridgehead atoms. The van der Waals surface area contributed by atoms with E-state index in [4.69, 9.17) is 18.7 Å². The number of aryl methyl sites for hydroxylation is 1. The van der Waals surface area contributed by atoms with Crippen molar-refractivity contribution in [2.24, 2.45) is 0 Å². The summed E-state index contributed by atoms with van der Waals surface area (Å²) < 4.78 is 9.52. The SMILES string of the molecule is [2H][C@]1(n2c(C)nc3cc(Cl)cc(N)c3c2=O)CCC(=O)CC1=O. The minimum atomic E-state index is -1.83. The Bertz CT molecular complexity index is 924. The van der Waals surface area contributed by atoms with Crippen molar-refractivity contribution in [1.29, 1.82) is 0 Å². The van der Waals surface area contributed by atoms with E-state index >= 15 is 0 Å². The van der Waals surface area contributed by atoms with Gasteiger partial charge in [-0.05, 0) is 25.5 Å². The van der Waals surface area contributed by atoms with Crippen LogP contribution in [0.4, 0.5) is 5.69 Å². The summed E-state index contributed by atoms with van der Waals surface area (Å²) in [5.74, 6) is -0.613. The van der Waals surface area contributed by atoms with E-state index in [0.29, 0.717) is 10.5 Å². The van der Waals surface area contributed by atoms with Crippen molar-refractivity contribution in [3.05, 3.63) is 33.3 Å². The highest BCUT2D eigenvalue weighted by Gasteiger charge is 2.30. The van der Waals surface area contributed by atoms with Crippen LogP contribution in [0.15, 0.2) is 16.9 Å². The molecule has 0 spiro atoms. The number of nitrogen functional groups attached to an aromatic ring is 1. The van der Waals surface area contributed by atoms with E-state index in [9.17, 15) is 14.4 Å². The number of Topliss-reactive ketones (excluding diaryl/α,β-unsaturated/α-hetero) is 2. The molecule has 22 heavy (non-hydrogen) atoms. The van der Waals surface area contributed by atoms with Crippen LogP contribution in [-0.4, -0.2) is 21.1 Å². The first kappa shape index (κ1) is 13.5. The summed E-state index contributed by atoms with van der Waals surface area (Å²) in [6.45, 7) is 1.54. The zero-order valence-corrected chi connectivity index (χ0v) is 12.6. The molecule has 1 aliphatic carbocycles. The summed E-state index contributed by atoms with van der Waals surface area (Å²) in [4.78, 5) is 40.8. The molecule has 7 heteroatoms. The van der Waals surface area contributed by atoms with E-state index in [2.05, 4.69) is 4.98 Å². The van der Waals surface area contributed by atoms with Crippen LogP contribution in [0.25, 0.3) is 10.9 Å². The van der Waals surface area contributed by atoms with E-state index in [1.54, 1.807) is 0 Å². The molecule has 1 aromatic heterocycles. The van der Waals surface area contributed by atoms with Crippen LogP contribution in [0, 0.1) is 6.92 Å². The largest absolute Gasteiger partial charge is 0.398 e. The van der Waals surface area contributed by atoms with Crippen LogP contribution in [0.3, 0.4) is 0 Å². The topological polar surface area (TPSA) is 95.1 Å². The normalized spacial score (nSPS) is 22.9. The molecule has 6 nitrogen and oxygen atoms in total. The molecule has 1 atom stereocenters. The number of hydrogen-bond acceptors (Lipinski definition) is 5. The van der Waals surface area contributed by atoms with Gasteiger partial charge in [0.25, 0.3) is 5.56 Å². The zero-order chi connectivity index (χ0) is 16.9. The number of nitrogens with two attached hydrogens (primary N) is 1. The van der Waals surface area contributed by atoms with Crippen molar-refractivity contribution >= 4 is 39.8 Å². The molecule has 1 heterocycles. The van der Waals surface area contributed by atoms with Gasteiger partial charge < -0.3 is 5.73 Å². The van der Waals surface area contributed by atoms with E-state index in [1.165, 1.54) is 19.1 Å². The molecule has 0 unspecified atom stereocenters. The number of anilines is 1. The van der Waals surface area contributed by atoms with Crippen LogP contribution >= 0.6 is 11.6 Å². The van der Waals surface area contributed by atoms with Crippen molar-refractivity contribution in [2.45, 2.75) is 32.2 Å². The third-order valence-electron chi connectivity index (χ3n) is 3.73. The van der Waals surface area contributed by atoms with E-state index in [-0.39, 0.29) is 41.9 Å². The number of fused-ring (bicyclic) bond motifs is 1. The summed E-state index contributed by atoms with van der Waals surface area (Å²) in [6.07, 6.45) is -0.315. The van der Waals surface area contributed by atoms with Gasteiger partial charge in [-0.2, -0.15) is 0 Å². The number of rotatable bonds is 1. The Morgan fingerprint density at radius 3 is 2.82 bits per heavy atom. The monoisotopic (exact) mass is 320 g/mol. The van der Waals surface area contributed by atoms with Gasteiger partial charge in [-0.25, -0.2) is 4.98 Å². The summed E-state index contributed by atoms with van der Waals surface area (Å²) in [5, 5.41) is 0.468. The summed E-state index contributed by atoms with van der Waals surface area (Å²) in [5.41, 5.74) is 5.75. The molecule has 2 aromatic rings. The van der Waals surface area contributed by atoms with Crippen LogP contribution < -0.4 is 11.3 Å². The highest BCUT2D eigenvalue weighted by atomic mass is 35.5. The van der Waals surface area contributed by atoms with Crippen molar-refractivity contribution in [3.8, 4) is 0 Å².